The third kappa shape index (κ3) is 2.72. The summed E-state index contributed by atoms with van der Waals surface area (Å²) >= 11 is 0. The lowest BCUT2D eigenvalue weighted by molar-refractivity contribution is 1.32. The number of hydrogen-bond donors (Lipinski definition) is 0. The Balaban J connectivity index is 2.02. The first-order valence-corrected chi connectivity index (χ1v) is 8.00. The summed E-state index contributed by atoms with van der Waals surface area (Å²) in [5.41, 5.74) is 6.76. The summed E-state index contributed by atoms with van der Waals surface area (Å²) in [4.78, 5) is 4.70. The summed E-state index contributed by atoms with van der Waals surface area (Å²) in [6.45, 7) is 0. The largest absolute Gasteiger partial charge is 0.256 e. The third-order valence-corrected chi connectivity index (χ3v) is 4.08. The van der Waals surface area contributed by atoms with Crippen molar-refractivity contribution in [3.05, 3.63) is 103 Å². The van der Waals surface area contributed by atoms with Crippen molar-refractivity contribution in [2.24, 2.45) is 0 Å². The molecular weight excluding hydrogens is 290 g/mol. The molecule has 0 spiro atoms. The summed E-state index contributed by atoms with van der Waals surface area (Å²) in [5.74, 6) is 0. The topological polar surface area (TPSA) is 12.9 Å². The lowest BCUT2D eigenvalue weighted by Crippen LogP contribution is -1.93. The van der Waals surface area contributed by atoms with Crippen LogP contribution in [0.2, 0.25) is 0 Å². The number of rotatable bonds is 3. The molecule has 0 N–H and O–H groups in total. The molecule has 0 aliphatic carbocycles. The first-order valence-electron chi connectivity index (χ1n) is 8.00. The Bertz CT molecular complexity index is 872. The standard InChI is InChI=1S/C23H16N/c1-4-10-18(11-5-1)21-16-17-24-23(20-14-8-3-9-15-20)22(21)19-12-6-2-7-13-19/h1-6,8-17H. The second-order valence-corrected chi connectivity index (χ2v) is 5.61. The van der Waals surface area contributed by atoms with Crippen LogP contribution < -0.4 is 0 Å². The fourth-order valence-corrected chi connectivity index (χ4v) is 2.98. The maximum atomic E-state index is 4.70. The van der Waals surface area contributed by atoms with Gasteiger partial charge in [-0.25, -0.2) is 0 Å². The van der Waals surface area contributed by atoms with Crippen molar-refractivity contribution >= 4 is 0 Å². The van der Waals surface area contributed by atoms with Crippen molar-refractivity contribution < 1.29 is 0 Å². The fourth-order valence-electron chi connectivity index (χ4n) is 2.98. The van der Waals surface area contributed by atoms with Crippen LogP contribution >= 0.6 is 0 Å². The predicted octanol–water partition coefficient (Wildman–Crippen LogP) is 5.88. The Morgan fingerprint density at radius 2 is 1.29 bits per heavy atom. The lowest BCUT2D eigenvalue weighted by Gasteiger charge is -2.15. The van der Waals surface area contributed by atoms with Gasteiger partial charge >= 0.3 is 0 Å². The second-order valence-electron chi connectivity index (χ2n) is 5.61. The van der Waals surface area contributed by atoms with E-state index in [0.717, 1.165) is 22.4 Å². The molecule has 0 aliphatic rings. The molecule has 0 saturated carbocycles. The average molecular weight is 306 g/mol. The van der Waals surface area contributed by atoms with Crippen molar-refractivity contribution in [1.29, 1.82) is 0 Å². The number of benzene rings is 3. The first-order chi connectivity index (χ1) is 11.9. The minimum Gasteiger partial charge on any atom is -0.256 e. The van der Waals surface area contributed by atoms with E-state index in [9.17, 15) is 0 Å². The highest BCUT2D eigenvalue weighted by Gasteiger charge is 2.14. The molecule has 1 nitrogen and oxygen atoms in total. The lowest BCUT2D eigenvalue weighted by atomic mass is 9.91. The van der Waals surface area contributed by atoms with Crippen molar-refractivity contribution in [3.63, 3.8) is 0 Å². The van der Waals surface area contributed by atoms with Crippen LogP contribution in [-0.2, 0) is 0 Å². The van der Waals surface area contributed by atoms with Gasteiger partial charge in [-0.05, 0) is 34.9 Å². The average Bonchev–Trinajstić information content (AvgIpc) is 2.69. The van der Waals surface area contributed by atoms with E-state index in [4.69, 9.17) is 4.98 Å². The van der Waals surface area contributed by atoms with Crippen LogP contribution in [0.15, 0.2) is 97.2 Å². The molecule has 0 amide bonds. The SMILES string of the molecule is [c]1cccc(-c2c(-c3ccccc3)ccnc2-c2ccccc2)c1. The van der Waals surface area contributed by atoms with Gasteiger partial charge in [-0.15, -0.1) is 0 Å². The van der Waals surface area contributed by atoms with Crippen LogP contribution in [0.25, 0.3) is 33.5 Å². The van der Waals surface area contributed by atoms with Gasteiger partial charge in [-0.1, -0.05) is 78.9 Å². The van der Waals surface area contributed by atoms with Gasteiger partial charge in [0.1, 0.15) is 0 Å². The number of pyridine rings is 1. The van der Waals surface area contributed by atoms with Gasteiger partial charge in [0.05, 0.1) is 5.69 Å². The molecular formula is C23H16N. The van der Waals surface area contributed by atoms with Crippen molar-refractivity contribution in [2.45, 2.75) is 0 Å². The number of aromatic nitrogens is 1. The molecule has 4 rings (SSSR count). The number of nitrogens with zero attached hydrogens (tertiary/aromatic N) is 1. The molecule has 24 heavy (non-hydrogen) atoms. The van der Waals surface area contributed by atoms with E-state index in [1.165, 1.54) is 11.1 Å². The quantitative estimate of drug-likeness (QED) is 0.460. The molecule has 113 valence electrons. The summed E-state index contributed by atoms with van der Waals surface area (Å²) in [7, 11) is 0. The zero-order valence-electron chi connectivity index (χ0n) is 13.2. The summed E-state index contributed by atoms with van der Waals surface area (Å²) in [5, 5.41) is 0. The van der Waals surface area contributed by atoms with Gasteiger partial charge in [0.15, 0.2) is 0 Å². The van der Waals surface area contributed by atoms with Crippen LogP contribution in [0.4, 0.5) is 0 Å². The molecule has 1 heteroatoms. The number of hydrogen-bond acceptors (Lipinski definition) is 1. The van der Waals surface area contributed by atoms with Crippen LogP contribution in [-0.4, -0.2) is 4.98 Å². The predicted molar refractivity (Wildman–Crippen MR) is 99.4 cm³/mol. The Morgan fingerprint density at radius 3 is 1.96 bits per heavy atom. The molecule has 0 saturated heterocycles. The van der Waals surface area contributed by atoms with Crippen LogP contribution in [0, 0.1) is 6.07 Å². The van der Waals surface area contributed by atoms with E-state index in [-0.39, 0.29) is 0 Å². The van der Waals surface area contributed by atoms with Gasteiger partial charge in [0.2, 0.25) is 0 Å². The van der Waals surface area contributed by atoms with Crippen LogP contribution in [0.1, 0.15) is 0 Å². The van der Waals surface area contributed by atoms with Gasteiger partial charge in [0.25, 0.3) is 0 Å². The van der Waals surface area contributed by atoms with Gasteiger partial charge < -0.3 is 0 Å². The fraction of sp³-hybridized carbons (Fsp3) is 0. The van der Waals surface area contributed by atoms with E-state index in [0.29, 0.717) is 0 Å². The normalized spacial score (nSPS) is 10.5. The maximum Gasteiger partial charge on any atom is 0.0786 e. The molecule has 0 unspecified atom stereocenters. The Labute approximate surface area is 142 Å². The summed E-state index contributed by atoms with van der Waals surface area (Å²) in [6.07, 6.45) is 1.89. The van der Waals surface area contributed by atoms with Crippen molar-refractivity contribution in [2.75, 3.05) is 0 Å². The molecule has 0 aliphatic heterocycles. The molecule has 0 atom stereocenters. The molecule has 0 fully saturated rings. The smallest absolute Gasteiger partial charge is 0.0786 e. The Kier molecular flexibility index (Phi) is 3.91. The Morgan fingerprint density at radius 1 is 0.625 bits per heavy atom. The minimum atomic E-state index is 0.997. The van der Waals surface area contributed by atoms with Gasteiger partial charge in [-0.3, -0.25) is 4.98 Å². The first kappa shape index (κ1) is 14.4. The molecule has 1 heterocycles. The van der Waals surface area contributed by atoms with Gasteiger partial charge in [0, 0.05) is 17.3 Å². The molecule has 0 bridgehead atoms. The zero-order valence-corrected chi connectivity index (χ0v) is 13.2. The molecule has 3 aromatic carbocycles. The molecule has 4 aromatic rings. The van der Waals surface area contributed by atoms with Gasteiger partial charge in [-0.2, -0.15) is 0 Å². The van der Waals surface area contributed by atoms with E-state index in [1.54, 1.807) is 0 Å². The van der Waals surface area contributed by atoms with E-state index < -0.39 is 0 Å². The van der Waals surface area contributed by atoms with E-state index >= 15 is 0 Å². The highest BCUT2D eigenvalue weighted by Crippen LogP contribution is 2.38. The van der Waals surface area contributed by atoms with Crippen molar-refractivity contribution in [3.8, 4) is 33.5 Å². The second kappa shape index (κ2) is 6.51. The minimum absolute atomic E-state index is 0.997. The molecule has 1 radical (unpaired) electrons. The van der Waals surface area contributed by atoms with E-state index in [2.05, 4.69) is 54.6 Å². The van der Waals surface area contributed by atoms with Crippen LogP contribution in [0.5, 0.6) is 0 Å². The van der Waals surface area contributed by atoms with Crippen molar-refractivity contribution in [1.82, 2.24) is 4.98 Å². The molecule has 1 aromatic heterocycles. The monoisotopic (exact) mass is 306 g/mol. The van der Waals surface area contributed by atoms with Crippen LogP contribution in [0.3, 0.4) is 0 Å². The highest BCUT2D eigenvalue weighted by molar-refractivity contribution is 5.92. The third-order valence-electron chi connectivity index (χ3n) is 4.08. The maximum absolute atomic E-state index is 4.70. The zero-order chi connectivity index (χ0) is 16.2. The summed E-state index contributed by atoms with van der Waals surface area (Å²) in [6, 6.07) is 34.1. The Hall–Kier alpha value is -3.19. The highest BCUT2D eigenvalue weighted by atomic mass is 14.7. The van der Waals surface area contributed by atoms with E-state index in [1.807, 2.05) is 48.7 Å². The summed E-state index contributed by atoms with van der Waals surface area (Å²) < 4.78 is 0.